The Hall–Kier alpha value is -1.11. The highest BCUT2D eigenvalue weighted by molar-refractivity contribution is 7.11. The molecule has 124 valence electrons. The van der Waals surface area contributed by atoms with Crippen LogP contribution in [-0.4, -0.2) is 56.3 Å². The van der Waals surface area contributed by atoms with E-state index in [0.717, 1.165) is 51.9 Å². The van der Waals surface area contributed by atoms with E-state index >= 15 is 0 Å². The summed E-state index contributed by atoms with van der Waals surface area (Å²) in [5, 5.41) is 6.77. The van der Waals surface area contributed by atoms with Gasteiger partial charge < -0.3 is 15.4 Å². The highest BCUT2D eigenvalue weighted by Gasteiger charge is 2.16. The van der Waals surface area contributed by atoms with E-state index in [1.807, 2.05) is 11.3 Å². The third kappa shape index (κ3) is 5.59. The van der Waals surface area contributed by atoms with Crippen molar-refractivity contribution in [1.29, 1.82) is 0 Å². The molecule has 2 heterocycles. The Morgan fingerprint density at radius 3 is 2.77 bits per heavy atom. The van der Waals surface area contributed by atoms with Gasteiger partial charge in [0.05, 0.1) is 19.8 Å². The van der Waals surface area contributed by atoms with Gasteiger partial charge >= 0.3 is 0 Å². The Kier molecular flexibility index (Phi) is 7.15. The lowest BCUT2D eigenvalue weighted by molar-refractivity contribution is 0.0211. The lowest BCUT2D eigenvalue weighted by Gasteiger charge is -2.32. The largest absolute Gasteiger partial charge is 0.379 e. The summed E-state index contributed by atoms with van der Waals surface area (Å²) in [6.45, 7) is 12.7. The van der Waals surface area contributed by atoms with E-state index in [0.29, 0.717) is 6.04 Å². The molecule has 0 saturated carbocycles. The van der Waals surface area contributed by atoms with E-state index in [2.05, 4.69) is 53.4 Å². The SMILES string of the molecule is CCNC(=NCc1ccc(C)s1)NCC(C)N1CCOCC1. The number of hydrogen-bond acceptors (Lipinski definition) is 4. The molecule has 0 aliphatic carbocycles. The minimum atomic E-state index is 0.483. The number of morpholine rings is 1. The molecule has 1 aromatic heterocycles. The fourth-order valence-electron chi connectivity index (χ4n) is 2.46. The number of ether oxygens (including phenoxy) is 1. The van der Waals surface area contributed by atoms with Crippen LogP contribution in [0.15, 0.2) is 17.1 Å². The second kappa shape index (κ2) is 9.12. The van der Waals surface area contributed by atoms with Crippen molar-refractivity contribution in [3.05, 3.63) is 21.9 Å². The minimum Gasteiger partial charge on any atom is -0.379 e. The summed E-state index contributed by atoms with van der Waals surface area (Å²) in [5.41, 5.74) is 0. The molecule has 1 unspecified atom stereocenters. The van der Waals surface area contributed by atoms with Gasteiger partial charge in [-0.2, -0.15) is 0 Å². The molecular formula is C16H28N4OS. The van der Waals surface area contributed by atoms with Crippen LogP contribution in [-0.2, 0) is 11.3 Å². The van der Waals surface area contributed by atoms with Crippen molar-refractivity contribution in [3.8, 4) is 0 Å². The first-order chi connectivity index (χ1) is 10.7. The van der Waals surface area contributed by atoms with Crippen molar-refractivity contribution in [2.24, 2.45) is 4.99 Å². The maximum absolute atomic E-state index is 5.41. The number of hydrogen-bond donors (Lipinski definition) is 2. The monoisotopic (exact) mass is 324 g/mol. The van der Waals surface area contributed by atoms with Crippen molar-refractivity contribution in [3.63, 3.8) is 0 Å². The van der Waals surface area contributed by atoms with E-state index in [1.165, 1.54) is 9.75 Å². The first-order valence-corrected chi connectivity index (χ1v) is 8.90. The lowest BCUT2D eigenvalue weighted by Crippen LogP contribution is -2.49. The molecule has 0 radical (unpaired) electrons. The molecule has 0 bridgehead atoms. The normalized spacial score (nSPS) is 18.2. The number of rotatable bonds is 6. The lowest BCUT2D eigenvalue weighted by atomic mass is 10.2. The summed E-state index contributed by atoms with van der Waals surface area (Å²) in [4.78, 5) is 9.78. The first-order valence-electron chi connectivity index (χ1n) is 8.08. The summed E-state index contributed by atoms with van der Waals surface area (Å²) >= 11 is 1.81. The molecule has 0 spiro atoms. The maximum atomic E-state index is 5.41. The van der Waals surface area contributed by atoms with Gasteiger partial charge in [0.1, 0.15) is 0 Å². The number of nitrogens with zero attached hydrogens (tertiary/aromatic N) is 2. The Labute approximate surface area is 137 Å². The molecule has 22 heavy (non-hydrogen) atoms. The van der Waals surface area contributed by atoms with Crippen LogP contribution in [0.5, 0.6) is 0 Å². The summed E-state index contributed by atoms with van der Waals surface area (Å²) in [6, 6.07) is 4.79. The number of thiophene rings is 1. The third-order valence-electron chi connectivity index (χ3n) is 3.77. The molecule has 1 atom stereocenters. The zero-order valence-corrected chi connectivity index (χ0v) is 14.7. The second-order valence-electron chi connectivity index (χ2n) is 5.59. The fraction of sp³-hybridized carbons (Fsp3) is 0.688. The molecule has 1 aromatic rings. The Morgan fingerprint density at radius 1 is 1.36 bits per heavy atom. The first kappa shape index (κ1) is 17.2. The molecule has 2 N–H and O–H groups in total. The van der Waals surface area contributed by atoms with E-state index in [9.17, 15) is 0 Å². The Balaban J connectivity index is 1.82. The van der Waals surface area contributed by atoms with E-state index in [-0.39, 0.29) is 0 Å². The van der Waals surface area contributed by atoms with Crippen LogP contribution in [0.1, 0.15) is 23.6 Å². The average Bonchev–Trinajstić information content (AvgIpc) is 2.96. The number of aryl methyl sites for hydroxylation is 1. The Bertz CT molecular complexity index is 468. The van der Waals surface area contributed by atoms with Crippen molar-refractivity contribution < 1.29 is 4.74 Å². The predicted molar refractivity (Wildman–Crippen MR) is 93.7 cm³/mol. The molecule has 1 fully saturated rings. The molecule has 6 heteroatoms. The standard InChI is InChI=1S/C16H28N4OS/c1-4-17-16(19-12-15-6-5-14(3)22-15)18-11-13(2)20-7-9-21-10-8-20/h5-6,13H,4,7-12H2,1-3H3,(H2,17,18,19). The zero-order valence-electron chi connectivity index (χ0n) is 13.9. The molecule has 1 saturated heterocycles. The van der Waals surface area contributed by atoms with E-state index < -0.39 is 0 Å². The van der Waals surface area contributed by atoms with Crippen LogP contribution in [0.25, 0.3) is 0 Å². The van der Waals surface area contributed by atoms with Crippen LogP contribution >= 0.6 is 11.3 Å². The summed E-state index contributed by atoms with van der Waals surface area (Å²) in [6.07, 6.45) is 0. The third-order valence-corrected chi connectivity index (χ3v) is 4.75. The van der Waals surface area contributed by atoms with Gasteiger partial charge in [-0.1, -0.05) is 0 Å². The van der Waals surface area contributed by atoms with Gasteiger partial charge in [0.25, 0.3) is 0 Å². The molecule has 2 rings (SSSR count). The summed E-state index contributed by atoms with van der Waals surface area (Å²) in [5.74, 6) is 0.897. The van der Waals surface area contributed by atoms with Crippen molar-refractivity contribution in [2.45, 2.75) is 33.4 Å². The number of guanidine groups is 1. The van der Waals surface area contributed by atoms with Crippen molar-refractivity contribution in [1.82, 2.24) is 15.5 Å². The smallest absolute Gasteiger partial charge is 0.191 e. The van der Waals surface area contributed by atoms with Crippen LogP contribution in [0, 0.1) is 6.92 Å². The molecule has 5 nitrogen and oxygen atoms in total. The van der Waals surface area contributed by atoms with Gasteiger partial charge in [-0.05, 0) is 32.9 Å². The second-order valence-corrected chi connectivity index (χ2v) is 6.96. The topological polar surface area (TPSA) is 48.9 Å². The maximum Gasteiger partial charge on any atom is 0.191 e. The minimum absolute atomic E-state index is 0.483. The van der Waals surface area contributed by atoms with Crippen LogP contribution < -0.4 is 10.6 Å². The van der Waals surface area contributed by atoms with E-state index in [4.69, 9.17) is 4.74 Å². The zero-order chi connectivity index (χ0) is 15.8. The van der Waals surface area contributed by atoms with Gasteiger partial charge in [-0.25, -0.2) is 4.99 Å². The number of nitrogens with one attached hydrogen (secondary N) is 2. The van der Waals surface area contributed by atoms with Crippen LogP contribution in [0.4, 0.5) is 0 Å². The summed E-state index contributed by atoms with van der Waals surface area (Å²) in [7, 11) is 0. The molecule has 0 aromatic carbocycles. The van der Waals surface area contributed by atoms with Gasteiger partial charge in [0.2, 0.25) is 0 Å². The quantitative estimate of drug-likeness (QED) is 0.619. The molecule has 0 amide bonds. The van der Waals surface area contributed by atoms with Gasteiger partial charge in [0, 0.05) is 42.0 Å². The predicted octanol–water partition coefficient (Wildman–Crippen LogP) is 1.83. The van der Waals surface area contributed by atoms with Crippen LogP contribution in [0.3, 0.4) is 0 Å². The highest BCUT2D eigenvalue weighted by Crippen LogP contribution is 2.15. The fourth-order valence-corrected chi connectivity index (χ4v) is 3.28. The van der Waals surface area contributed by atoms with Crippen LogP contribution in [0.2, 0.25) is 0 Å². The molecule has 1 aliphatic heterocycles. The molecular weight excluding hydrogens is 296 g/mol. The highest BCUT2D eigenvalue weighted by atomic mass is 32.1. The summed E-state index contributed by atoms with van der Waals surface area (Å²) < 4.78 is 5.41. The van der Waals surface area contributed by atoms with Crippen molar-refractivity contribution in [2.75, 3.05) is 39.4 Å². The van der Waals surface area contributed by atoms with E-state index in [1.54, 1.807) is 0 Å². The molecule has 1 aliphatic rings. The number of aliphatic imine (C=N–C) groups is 1. The van der Waals surface area contributed by atoms with Gasteiger partial charge in [-0.3, -0.25) is 4.90 Å². The van der Waals surface area contributed by atoms with Crippen molar-refractivity contribution >= 4 is 17.3 Å². The van der Waals surface area contributed by atoms with Gasteiger partial charge in [0.15, 0.2) is 5.96 Å². The van der Waals surface area contributed by atoms with Gasteiger partial charge in [-0.15, -0.1) is 11.3 Å². The Morgan fingerprint density at radius 2 is 2.14 bits per heavy atom. The average molecular weight is 324 g/mol.